The van der Waals surface area contributed by atoms with E-state index in [9.17, 15) is 10.1 Å². The number of rotatable bonds is 4. The highest BCUT2D eigenvalue weighted by Crippen LogP contribution is 2.31. The number of ketones is 1. The fraction of sp³-hybridized carbons (Fsp3) is 0.176. The van der Waals surface area contributed by atoms with Gasteiger partial charge in [-0.15, -0.1) is 0 Å². The van der Waals surface area contributed by atoms with Crippen molar-refractivity contribution >= 4 is 17.4 Å². The van der Waals surface area contributed by atoms with Crippen LogP contribution in [0.4, 0.5) is 0 Å². The van der Waals surface area contributed by atoms with E-state index in [0.717, 1.165) is 5.56 Å². The zero-order valence-corrected chi connectivity index (χ0v) is 12.5. The molecule has 2 aromatic carbocycles. The lowest BCUT2D eigenvalue weighted by molar-refractivity contribution is 0.0978. The van der Waals surface area contributed by atoms with E-state index in [4.69, 9.17) is 16.3 Å². The molecule has 1 atom stereocenters. The number of carbonyl (C=O) groups is 1. The van der Waals surface area contributed by atoms with Crippen LogP contribution in [0.2, 0.25) is 5.02 Å². The number of aryl methyl sites for hydroxylation is 1. The predicted octanol–water partition coefficient (Wildman–Crippen LogP) is 4.15. The number of nitrogens with zero attached hydrogens (tertiary/aromatic N) is 1. The van der Waals surface area contributed by atoms with Gasteiger partial charge in [-0.05, 0) is 25.1 Å². The molecule has 0 aliphatic rings. The monoisotopic (exact) mass is 299 g/mol. The highest BCUT2D eigenvalue weighted by atomic mass is 35.5. The Morgan fingerprint density at radius 2 is 1.90 bits per heavy atom. The quantitative estimate of drug-likeness (QED) is 0.797. The maximum Gasteiger partial charge on any atom is 0.184 e. The van der Waals surface area contributed by atoms with E-state index in [1.807, 2.05) is 25.1 Å². The van der Waals surface area contributed by atoms with E-state index >= 15 is 0 Å². The lowest BCUT2D eigenvalue weighted by Gasteiger charge is -2.13. The van der Waals surface area contributed by atoms with Gasteiger partial charge in [0.2, 0.25) is 0 Å². The lowest BCUT2D eigenvalue weighted by atomic mass is 9.91. The zero-order chi connectivity index (χ0) is 15.4. The van der Waals surface area contributed by atoms with E-state index < -0.39 is 5.92 Å². The number of benzene rings is 2. The van der Waals surface area contributed by atoms with E-state index in [-0.39, 0.29) is 5.78 Å². The Hall–Kier alpha value is -2.31. The van der Waals surface area contributed by atoms with Crippen LogP contribution in [0, 0.1) is 18.3 Å². The molecule has 0 saturated heterocycles. The second-order valence-corrected chi connectivity index (χ2v) is 5.12. The van der Waals surface area contributed by atoms with E-state index in [1.54, 1.807) is 30.3 Å². The molecule has 0 amide bonds. The third-order valence-electron chi connectivity index (χ3n) is 3.23. The topological polar surface area (TPSA) is 50.1 Å². The minimum absolute atomic E-state index is 0.266. The maximum atomic E-state index is 12.5. The number of methoxy groups -OCH3 is 1. The van der Waals surface area contributed by atoms with Crippen LogP contribution >= 0.6 is 11.6 Å². The van der Waals surface area contributed by atoms with Crippen molar-refractivity contribution < 1.29 is 9.53 Å². The number of ether oxygens (including phenoxy) is 1. The third-order valence-corrected chi connectivity index (χ3v) is 3.47. The summed E-state index contributed by atoms with van der Waals surface area (Å²) in [6.45, 7) is 1.94. The standard InChI is InChI=1S/C17H14ClNO2/c1-11-3-5-12(6-4-11)17(20)15(10-19)14-9-13(18)7-8-16(14)21-2/h3-9,15H,1-2H3. The minimum Gasteiger partial charge on any atom is -0.496 e. The van der Waals surface area contributed by atoms with Crippen molar-refractivity contribution in [1.29, 1.82) is 5.26 Å². The van der Waals surface area contributed by atoms with Gasteiger partial charge >= 0.3 is 0 Å². The van der Waals surface area contributed by atoms with Crippen molar-refractivity contribution in [3.63, 3.8) is 0 Å². The van der Waals surface area contributed by atoms with Crippen molar-refractivity contribution in [3.8, 4) is 11.8 Å². The summed E-state index contributed by atoms with van der Waals surface area (Å²) >= 11 is 5.97. The molecule has 4 heteroatoms. The summed E-state index contributed by atoms with van der Waals surface area (Å²) < 4.78 is 5.23. The summed E-state index contributed by atoms with van der Waals surface area (Å²) in [4.78, 5) is 12.5. The molecule has 0 bridgehead atoms. The molecule has 0 N–H and O–H groups in total. The second-order valence-electron chi connectivity index (χ2n) is 4.68. The first-order valence-electron chi connectivity index (χ1n) is 6.40. The summed E-state index contributed by atoms with van der Waals surface area (Å²) in [5, 5.41) is 9.87. The minimum atomic E-state index is -0.943. The summed E-state index contributed by atoms with van der Waals surface area (Å²) in [5.74, 6) is -0.731. The Labute approximate surface area is 128 Å². The highest BCUT2D eigenvalue weighted by Gasteiger charge is 2.25. The van der Waals surface area contributed by atoms with Gasteiger partial charge in [-0.25, -0.2) is 0 Å². The summed E-state index contributed by atoms with van der Waals surface area (Å²) in [6.07, 6.45) is 0. The molecule has 0 heterocycles. The largest absolute Gasteiger partial charge is 0.496 e. The fourth-order valence-corrected chi connectivity index (χ4v) is 2.27. The van der Waals surface area contributed by atoms with E-state index in [1.165, 1.54) is 7.11 Å². The van der Waals surface area contributed by atoms with Crippen molar-refractivity contribution in [1.82, 2.24) is 0 Å². The van der Waals surface area contributed by atoms with Crippen molar-refractivity contribution in [2.45, 2.75) is 12.8 Å². The number of Topliss-reactive ketones (excluding diaryl/α,β-unsaturated/α-hetero) is 1. The van der Waals surface area contributed by atoms with Gasteiger partial charge in [0.25, 0.3) is 0 Å². The molecule has 0 saturated carbocycles. The first-order valence-corrected chi connectivity index (χ1v) is 6.78. The van der Waals surface area contributed by atoms with Crippen molar-refractivity contribution in [2.75, 3.05) is 7.11 Å². The molecule has 0 aliphatic carbocycles. The predicted molar refractivity (Wildman–Crippen MR) is 81.9 cm³/mol. The molecular formula is C17H14ClNO2. The Bertz CT molecular complexity index is 702. The third kappa shape index (κ3) is 3.24. The molecule has 0 fully saturated rings. The van der Waals surface area contributed by atoms with Crippen molar-refractivity contribution in [3.05, 3.63) is 64.2 Å². The first-order chi connectivity index (χ1) is 10.1. The average Bonchev–Trinajstić information content (AvgIpc) is 2.49. The Morgan fingerprint density at radius 3 is 2.48 bits per heavy atom. The summed E-state index contributed by atoms with van der Waals surface area (Å²) in [6, 6.07) is 14.1. The van der Waals surface area contributed by atoms with Crippen LogP contribution in [-0.2, 0) is 0 Å². The van der Waals surface area contributed by atoms with Crippen LogP contribution in [-0.4, -0.2) is 12.9 Å². The van der Waals surface area contributed by atoms with Crippen LogP contribution in [0.25, 0.3) is 0 Å². The van der Waals surface area contributed by atoms with Gasteiger partial charge in [-0.3, -0.25) is 4.79 Å². The van der Waals surface area contributed by atoms with Crippen LogP contribution in [0.3, 0.4) is 0 Å². The summed E-state index contributed by atoms with van der Waals surface area (Å²) in [7, 11) is 1.50. The van der Waals surface area contributed by atoms with Gasteiger partial charge < -0.3 is 4.74 Å². The van der Waals surface area contributed by atoms with Gasteiger partial charge in [-0.1, -0.05) is 41.4 Å². The molecule has 21 heavy (non-hydrogen) atoms. The number of carbonyl (C=O) groups excluding carboxylic acids is 1. The van der Waals surface area contributed by atoms with Gasteiger partial charge in [0, 0.05) is 16.1 Å². The molecule has 2 rings (SSSR count). The molecule has 3 nitrogen and oxygen atoms in total. The van der Waals surface area contributed by atoms with E-state index in [0.29, 0.717) is 21.9 Å². The Morgan fingerprint density at radius 1 is 1.24 bits per heavy atom. The molecule has 0 spiro atoms. The molecule has 2 aromatic rings. The SMILES string of the molecule is COc1ccc(Cl)cc1C(C#N)C(=O)c1ccc(C)cc1. The zero-order valence-electron chi connectivity index (χ0n) is 11.8. The molecule has 0 radical (unpaired) electrons. The molecule has 1 unspecified atom stereocenters. The normalized spacial score (nSPS) is 11.5. The number of halogens is 1. The van der Waals surface area contributed by atoms with Crippen LogP contribution in [0.15, 0.2) is 42.5 Å². The van der Waals surface area contributed by atoms with Gasteiger partial charge in [0.1, 0.15) is 11.7 Å². The maximum absolute atomic E-state index is 12.5. The lowest BCUT2D eigenvalue weighted by Crippen LogP contribution is -2.12. The number of nitriles is 1. The van der Waals surface area contributed by atoms with Gasteiger partial charge in [-0.2, -0.15) is 5.26 Å². The summed E-state index contributed by atoms with van der Waals surface area (Å²) in [5.41, 5.74) is 2.03. The van der Waals surface area contributed by atoms with Crippen LogP contribution in [0.1, 0.15) is 27.4 Å². The Kier molecular flexibility index (Phi) is 4.62. The van der Waals surface area contributed by atoms with Crippen molar-refractivity contribution in [2.24, 2.45) is 0 Å². The Balaban J connectivity index is 2.45. The molecule has 0 aliphatic heterocycles. The molecule has 106 valence electrons. The molecular weight excluding hydrogens is 286 g/mol. The highest BCUT2D eigenvalue weighted by molar-refractivity contribution is 6.30. The number of hydrogen-bond acceptors (Lipinski definition) is 3. The average molecular weight is 300 g/mol. The second kappa shape index (κ2) is 6.43. The van der Waals surface area contributed by atoms with Gasteiger partial charge in [0.15, 0.2) is 5.78 Å². The fourth-order valence-electron chi connectivity index (χ4n) is 2.08. The molecule has 0 aromatic heterocycles. The number of hydrogen-bond donors (Lipinski definition) is 0. The van der Waals surface area contributed by atoms with E-state index in [2.05, 4.69) is 0 Å². The van der Waals surface area contributed by atoms with Gasteiger partial charge in [0.05, 0.1) is 13.2 Å². The smallest absolute Gasteiger partial charge is 0.184 e. The first kappa shape index (κ1) is 15.1. The van der Waals surface area contributed by atoms with Crippen LogP contribution < -0.4 is 4.74 Å². The van der Waals surface area contributed by atoms with Crippen LogP contribution in [0.5, 0.6) is 5.75 Å².